The van der Waals surface area contributed by atoms with E-state index in [4.69, 9.17) is 14.7 Å². The van der Waals surface area contributed by atoms with Gasteiger partial charge in [0.25, 0.3) is 5.91 Å². The second-order valence-electron chi connectivity index (χ2n) is 4.60. The Morgan fingerprint density at radius 1 is 1.48 bits per heavy atom. The van der Waals surface area contributed by atoms with Crippen LogP contribution in [0.2, 0.25) is 0 Å². The summed E-state index contributed by atoms with van der Waals surface area (Å²) in [4.78, 5) is 12.0. The van der Waals surface area contributed by atoms with Crippen LogP contribution in [0.3, 0.4) is 0 Å². The molecule has 0 aromatic carbocycles. The van der Waals surface area contributed by atoms with Crippen molar-refractivity contribution in [3.8, 4) is 11.5 Å². The molecule has 0 aliphatic rings. The van der Waals surface area contributed by atoms with Crippen LogP contribution in [0.5, 0.6) is 0 Å². The van der Waals surface area contributed by atoms with Crippen LogP contribution < -0.4 is 11.1 Å². The smallest absolute Gasteiger partial charge is 0.273 e. The van der Waals surface area contributed by atoms with E-state index in [-0.39, 0.29) is 30.0 Å². The lowest BCUT2D eigenvalue weighted by Gasteiger charge is -2.15. The van der Waals surface area contributed by atoms with Gasteiger partial charge in [0.1, 0.15) is 0 Å². The van der Waals surface area contributed by atoms with Gasteiger partial charge in [-0.3, -0.25) is 4.79 Å². The highest BCUT2D eigenvalue weighted by atomic mass is 35.5. The number of nitrogens with two attached hydrogens (primary N) is 1. The van der Waals surface area contributed by atoms with Crippen molar-refractivity contribution < 1.29 is 13.7 Å². The lowest BCUT2D eigenvalue weighted by molar-refractivity contribution is 0.0926. The summed E-state index contributed by atoms with van der Waals surface area (Å²) in [5.74, 6) is 0.689. The van der Waals surface area contributed by atoms with E-state index >= 15 is 0 Å². The highest BCUT2D eigenvalue weighted by Crippen LogP contribution is 2.20. The monoisotopic (exact) mass is 313 g/mol. The molecule has 1 unspecified atom stereocenters. The number of hydrogen-bond donors (Lipinski definition) is 2. The maximum absolute atomic E-state index is 12.0. The third-order valence-corrected chi connectivity index (χ3v) is 3.03. The van der Waals surface area contributed by atoms with Gasteiger partial charge in [0, 0.05) is 18.7 Å². The summed E-state index contributed by atoms with van der Waals surface area (Å²) in [5, 5.41) is 6.61. The van der Waals surface area contributed by atoms with E-state index in [0.717, 1.165) is 19.3 Å². The summed E-state index contributed by atoms with van der Waals surface area (Å²) in [6.45, 7) is 2.51. The Bertz CT molecular complexity index is 539. The minimum absolute atomic E-state index is 0. The van der Waals surface area contributed by atoms with Gasteiger partial charge in [-0.15, -0.1) is 12.4 Å². The van der Waals surface area contributed by atoms with Gasteiger partial charge < -0.3 is 20.0 Å². The van der Waals surface area contributed by atoms with Gasteiger partial charge in [-0.1, -0.05) is 24.9 Å². The third-order valence-electron chi connectivity index (χ3n) is 3.03. The molecule has 21 heavy (non-hydrogen) atoms. The quantitative estimate of drug-likeness (QED) is 0.819. The molecular formula is C14H20ClN3O3. The normalized spacial score (nSPS) is 11.7. The molecule has 0 saturated heterocycles. The zero-order valence-corrected chi connectivity index (χ0v) is 12.7. The molecular weight excluding hydrogens is 294 g/mol. The lowest BCUT2D eigenvalue weighted by Crippen LogP contribution is -2.40. The number of furan rings is 1. The predicted octanol–water partition coefficient (Wildman–Crippen LogP) is 2.60. The second kappa shape index (κ2) is 8.49. The summed E-state index contributed by atoms with van der Waals surface area (Å²) < 4.78 is 10.3. The van der Waals surface area contributed by atoms with Crippen LogP contribution in [-0.4, -0.2) is 23.7 Å². The van der Waals surface area contributed by atoms with Gasteiger partial charge in [0.2, 0.25) is 5.76 Å². The molecule has 0 radical (unpaired) electrons. The molecule has 6 nitrogen and oxygen atoms in total. The molecule has 0 spiro atoms. The molecule has 0 fully saturated rings. The molecule has 7 heteroatoms. The minimum Gasteiger partial charge on any atom is -0.461 e. The van der Waals surface area contributed by atoms with Crippen LogP contribution in [0.1, 0.15) is 36.7 Å². The Kier molecular flexibility index (Phi) is 6.98. The predicted molar refractivity (Wildman–Crippen MR) is 81.3 cm³/mol. The van der Waals surface area contributed by atoms with E-state index < -0.39 is 0 Å². The van der Waals surface area contributed by atoms with Gasteiger partial charge in [-0.05, 0) is 18.6 Å². The average molecular weight is 314 g/mol. The Morgan fingerprint density at radius 3 is 2.90 bits per heavy atom. The van der Waals surface area contributed by atoms with Crippen LogP contribution in [0, 0.1) is 0 Å². The molecule has 1 atom stereocenters. The van der Waals surface area contributed by atoms with Crippen molar-refractivity contribution >= 4 is 18.3 Å². The molecule has 1 amide bonds. The SMILES string of the molecule is CCCCC(CN)NC(=O)c1cc(-c2ccco2)on1.Cl. The van der Waals surface area contributed by atoms with E-state index in [0.29, 0.717) is 18.1 Å². The third kappa shape index (κ3) is 4.61. The molecule has 0 saturated carbocycles. The number of amides is 1. The summed E-state index contributed by atoms with van der Waals surface area (Å²) in [6, 6.07) is 5.01. The first-order valence-corrected chi connectivity index (χ1v) is 6.76. The van der Waals surface area contributed by atoms with Crippen molar-refractivity contribution in [3.05, 3.63) is 30.2 Å². The molecule has 0 aliphatic heterocycles. The zero-order valence-electron chi connectivity index (χ0n) is 11.9. The number of carbonyl (C=O) groups excluding carboxylic acids is 1. The fourth-order valence-electron chi connectivity index (χ4n) is 1.88. The second-order valence-corrected chi connectivity index (χ2v) is 4.60. The van der Waals surface area contributed by atoms with Crippen LogP contribution >= 0.6 is 12.4 Å². The first kappa shape index (κ1) is 17.3. The van der Waals surface area contributed by atoms with Gasteiger partial charge in [-0.2, -0.15) is 0 Å². The molecule has 116 valence electrons. The maximum Gasteiger partial charge on any atom is 0.273 e. The van der Waals surface area contributed by atoms with Crippen LogP contribution in [0.15, 0.2) is 33.4 Å². The average Bonchev–Trinajstić information content (AvgIpc) is 3.12. The molecule has 2 aromatic rings. The Morgan fingerprint density at radius 2 is 2.29 bits per heavy atom. The van der Waals surface area contributed by atoms with E-state index in [2.05, 4.69) is 17.4 Å². The van der Waals surface area contributed by atoms with Crippen molar-refractivity contribution in [1.82, 2.24) is 10.5 Å². The van der Waals surface area contributed by atoms with E-state index in [1.54, 1.807) is 18.2 Å². The van der Waals surface area contributed by atoms with Crippen LogP contribution in [0.4, 0.5) is 0 Å². The number of halogens is 1. The molecule has 2 rings (SSSR count). The van der Waals surface area contributed by atoms with Gasteiger partial charge >= 0.3 is 0 Å². The molecule has 0 bridgehead atoms. The van der Waals surface area contributed by atoms with E-state index in [1.807, 2.05) is 0 Å². The van der Waals surface area contributed by atoms with E-state index in [1.165, 1.54) is 6.26 Å². The number of rotatable bonds is 7. The number of unbranched alkanes of at least 4 members (excludes halogenated alkanes) is 1. The number of hydrogen-bond acceptors (Lipinski definition) is 5. The standard InChI is InChI=1S/C14H19N3O3.ClH/c1-2-3-5-10(9-15)16-14(18)11-8-13(20-17-11)12-6-4-7-19-12;/h4,6-8,10H,2-3,5,9,15H2,1H3,(H,16,18);1H. The summed E-state index contributed by atoms with van der Waals surface area (Å²) >= 11 is 0. The highest BCUT2D eigenvalue weighted by Gasteiger charge is 2.17. The largest absolute Gasteiger partial charge is 0.461 e. The Hall–Kier alpha value is -1.79. The molecule has 2 aromatic heterocycles. The summed E-state index contributed by atoms with van der Waals surface area (Å²) in [5.41, 5.74) is 5.88. The van der Waals surface area contributed by atoms with Crippen molar-refractivity contribution in [1.29, 1.82) is 0 Å². The molecule has 0 aliphatic carbocycles. The van der Waals surface area contributed by atoms with Gasteiger partial charge in [-0.25, -0.2) is 0 Å². The highest BCUT2D eigenvalue weighted by molar-refractivity contribution is 5.93. The van der Waals surface area contributed by atoms with Crippen LogP contribution in [-0.2, 0) is 0 Å². The zero-order chi connectivity index (χ0) is 14.4. The minimum atomic E-state index is -0.280. The van der Waals surface area contributed by atoms with Crippen molar-refractivity contribution in [3.63, 3.8) is 0 Å². The van der Waals surface area contributed by atoms with Crippen LogP contribution in [0.25, 0.3) is 11.5 Å². The molecule has 3 N–H and O–H groups in total. The fourth-order valence-corrected chi connectivity index (χ4v) is 1.88. The Labute approximate surface area is 129 Å². The fraction of sp³-hybridized carbons (Fsp3) is 0.429. The maximum atomic E-state index is 12.0. The lowest BCUT2D eigenvalue weighted by atomic mass is 10.1. The van der Waals surface area contributed by atoms with Gasteiger partial charge in [0.15, 0.2) is 11.5 Å². The summed E-state index contributed by atoms with van der Waals surface area (Å²) in [6.07, 6.45) is 4.49. The number of aromatic nitrogens is 1. The molecule has 2 heterocycles. The number of nitrogens with one attached hydrogen (secondary N) is 1. The summed E-state index contributed by atoms with van der Waals surface area (Å²) in [7, 11) is 0. The Balaban J connectivity index is 0.00000220. The van der Waals surface area contributed by atoms with Gasteiger partial charge in [0.05, 0.1) is 6.26 Å². The topological polar surface area (TPSA) is 94.3 Å². The van der Waals surface area contributed by atoms with Crippen molar-refractivity contribution in [2.75, 3.05) is 6.54 Å². The first-order valence-electron chi connectivity index (χ1n) is 6.76. The number of carbonyl (C=O) groups is 1. The van der Waals surface area contributed by atoms with Crippen molar-refractivity contribution in [2.45, 2.75) is 32.2 Å². The first-order chi connectivity index (χ1) is 9.74. The number of nitrogens with zero attached hydrogens (tertiary/aromatic N) is 1. The van der Waals surface area contributed by atoms with E-state index in [9.17, 15) is 4.79 Å². The van der Waals surface area contributed by atoms with Crippen molar-refractivity contribution in [2.24, 2.45) is 5.73 Å².